The second kappa shape index (κ2) is 13.9. The van der Waals surface area contributed by atoms with Gasteiger partial charge in [-0.05, 0) is 52.6 Å². The molecule has 0 aromatic heterocycles. The molecule has 12 nitrogen and oxygen atoms in total. The number of methoxy groups -OCH3 is 2. The van der Waals surface area contributed by atoms with Crippen molar-refractivity contribution in [2.24, 2.45) is 17.6 Å². The molecule has 0 aliphatic carbocycles. The number of hydrogen-bond donors (Lipinski definition) is 3. The van der Waals surface area contributed by atoms with Gasteiger partial charge in [-0.3, -0.25) is 28.9 Å². The summed E-state index contributed by atoms with van der Waals surface area (Å²) < 4.78 is 15.8. The minimum atomic E-state index is -1.79. The van der Waals surface area contributed by atoms with Crippen LogP contribution in [0.2, 0.25) is 0 Å². The van der Waals surface area contributed by atoms with Crippen LogP contribution in [0, 0.1) is 23.7 Å². The molecule has 12 heteroatoms. The molecule has 2 saturated heterocycles. The number of phenols is 1. The van der Waals surface area contributed by atoms with E-state index < -0.39 is 71.2 Å². The van der Waals surface area contributed by atoms with Gasteiger partial charge in [0.05, 0.1) is 32.2 Å². The lowest BCUT2D eigenvalue weighted by Gasteiger charge is -2.46. The Bertz CT molecular complexity index is 2150. The molecule has 4 N–H and O–H groups in total. The van der Waals surface area contributed by atoms with Gasteiger partial charge in [-0.2, -0.15) is 0 Å². The average molecular weight is 714 g/mol. The first kappa shape index (κ1) is 35.0. The van der Waals surface area contributed by atoms with Crippen LogP contribution in [0.25, 0.3) is 0 Å². The average Bonchev–Trinajstić information content (AvgIpc) is 3.65. The number of aromatic hydroxyl groups is 1. The van der Waals surface area contributed by atoms with Gasteiger partial charge in [-0.1, -0.05) is 84.6 Å². The summed E-state index contributed by atoms with van der Waals surface area (Å²) in [5.74, 6) is -0.668. The summed E-state index contributed by atoms with van der Waals surface area (Å²) in [6.45, 7) is 0. The van der Waals surface area contributed by atoms with E-state index in [1.54, 1.807) is 30.3 Å². The van der Waals surface area contributed by atoms with Gasteiger partial charge in [0.25, 0.3) is 0 Å². The summed E-state index contributed by atoms with van der Waals surface area (Å²) in [6, 6.07) is 26.9. The van der Waals surface area contributed by atoms with E-state index in [1.807, 2.05) is 65.6 Å². The molecule has 4 aromatic carbocycles. The Balaban J connectivity index is 1.46. The van der Waals surface area contributed by atoms with Crippen LogP contribution in [0.5, 0.6) is 5.75 Å². The van der Waals surface area contributed by atoms with E-state index in [-0.39, 0.29) is 12.2 Å². The number of carbonyl (C=O) groups is 5. The quantitative estimate of drug-likeness (QED) is 0.110. The van der Waals surface area contributed by atoms with E-state index in [9.17, 15) is 29.1 Å². The third-order valence-corrected chi connectivity index (χ3v) is 10.3. The summed E-state index contributed by atoms with van der Waals surface area (Å²) in [7, 11) is 2.31. The van der Waals surface area contributed by atoms with Crippen molar-refractivity contribution in [2.45, 2.75) is 36.1 Å². The molecule has 3 aliphatic heterocycles. The molecular formula is C41H35N3O9. The van der Waals surface area contributed by atoms with E-state index in [0.29, 0.717) is 27.9 Å². The van der Waals surface area contributed by atoms with Gasteiger partial charge < -0.3 is 30.4 Å². The molecule has 0 unspecified atom stereocenters. The van der Waals surface area contributed by atoms with Gasteiger partial charge in [-0.15, -0.1) is 0 Å². The lowest BCUT2D eigenvalue weighted by atomic mass is 9.65. The number of cyclic esters (lactones) is 1. The Morgan fingerprint density at radius 3 is 2.09 bits per heavy atom. The number of nitrogens with zero attached hydrogens (tertiary/aromatic N) is 1. The number of primary amides is 1. The summed E-state index contributed by atoms with van der Waals surface area (Å²) in [6.07, 6.45) is -1.05. The molecule has 0 bridgehead atoms. The predicted molar refractivity (Wildman–Crippen MR) is 189 cm³/mol. The smallest absolute Gasteiger partial charge is 0.324 e. The van der Waals surface area contributed by atoms with Crippen LogP contribution in [0.1, 0.15) is 52.4 Å². The van der Waals surface area contributed by atoms with Gasteiger partial charge in [0.1, 0.15) is 23.3 Å². The zero-order valence-electron chi connectivity index (χ0n) is 28.7. The van der Waals surface area contributed by atoms with Crippen molar-refractivity contribution in [1.29, 1.82) is 0 Å². The second-order valence-corrected chi connectivity index (χ2v) is 13.1. The topological polar surface area (TPSA) is 175 Å². The van der Waals surface area contributed by atoms with Crippen LogP contribution in [0.3, 0.4) is 0 Å². The van der Waals surface area contributed by atoms with Gasteiger partial charge >= 0.3 is 17.9 Å². The highest BCUT2D eigenvalue weighted by atomic mass is 16.6. The number of fused-ring (bicyclic) bond motifs is 3. The van der Waals surface area contributed by atoms with Crippen molar-refractivity contribution >= 4 is 35.4 Å². The third kappa shape index (κ3) is 5.75. The van der Waals surface area contributed by atoms with E-state index in [4.69, 9.17) is 19.9 Å². The number of amides is 2. The third-order valence-electron chi connectivity index (χ3n) is 10.3. The minimum Gasteiger partial charge on any atom is -0.508 e. The number of nitrogens with one attached hydrogen (secondary N) is 1. The fraction of sp³-hybridized carbons (Fsp3) is 0.244. The normalized spacial score (nSPS) is 24.3. The zero-order chi connectivity index (χ0) is 37.4. The van der Waals surface area contributed by atoms with E-state index >= 15 is 0 Å². The Labute approximate surface area is 304 Å². The molecule has 1 spiro atoms. The molecule has 53 heavy (non-hydrogen) atoms. The fourth-order valence-corrected chi connectivity index (χ4v) is 8.16. The first-order chi connectivity index (χ1) is 25.6. The van der Waals surface area contributed by atoms with Crippen molar-refractivity contribution < 1.29 is 43.3 Å². The summed E-state index contributed by atoms with van der Waals surface area (Å²) >= 11 is 0. The maximum atomic E-state index is 14.8. The van der Waals surface area contributed by atoms with Crippen LogP contribution in [0.4, 0.5) is 5.69 Å². The molecule has 3 heterocycles. The lowest BCUT2D eigenvalue weighted by molar-refractivity contribution is -0.178. The zero-order valence-corrected chi connectivity index (χ0v) is 28.7. The SMILES string of the molecule is COC(=O)C(CC#Cc1ccc2c(c1)[C@]1(C(=O)N2)[C@H](c2ccc(O)cc2)N2[C@H](c3ccccc3)[C@H](c3ccccc3)OC(=O)[C@H]2[C@@H]1C(N)=O)C(=O)OC. The maximum absolute atomic E-state index is 14.8. The molecule has 0 saturated carbocycles. The predicted octanol–water partition coefficient (Wildman–Crippen LogP) is 3.85. The van der Waals surface area contributed by atoms with Crippen molar-refractivity contribution in [3.63, 3.8) is 0 Å². The number of esters is 3. The number of ether oxygens (including phenoxy) is 3. The Morgan fingerprint density at radius 2 is 1.49 bits per heavy atom. The monoisotopic (exact) mass is 713 g/mol. The van der Waals surface area contributed by atoms with Crippen molar-refractivity contribution in [1.82, 2.24) is 4.90 Å². The Morgan fingerprint density at radius 1 is 0.868 bits per heavy atom. The maximum Gasteiger partial charge on any atom is 0.324 e. The van der Waals surface area contributed by atoms with Gasteiger partial charge in [0.2, 0.25) is 11.8 Å². The molecule has 6 atom stereocenters. The summed E-state index contributed by atoms with van der Waals surface area (Å²) in [4.78, 5) is 69.6. The molecule has 268 valence electrons. The first-order valence-electron chi connectivity index (χ1n) is 16.9. The number of morpholine rings is 1. The number of anilines is 1. The number of hydrogen-bond acceptors (Lipinski definition) is 10. The summed E-state index contributed by atoms with van der Waals surface area (Å²) in [5.41, 5.74) is 7.65. The van der Waals surface area contributed by atoms with E-state index in [2.05, 4.69) is 17.2 Å². The first-order valence-corrected chi connectivity index (χ1v) is 16.9. The Hall–Kier alpha value is -6.45. The van der Waals surface area contributed by atoms with Gasteiger partial charge in [-0.25, -0.2) is 0 Å². The highest BCUT2D eigenvalue weighted by Gasteiger charge is 2.73. The highest BCUT2D eigenvalue weighted by Crippen LogP contribution is 2.64. The standard InChI is InChI=1S/C41H35N3O9/c1-51-37(47)28(38(48)52-2)15-9-10-23-16-21-30-29(22-23)41(40(50)43-30)31(36(42)46)33-39(49)53-34(25-13-7-4-8-14-25)32(24-11-5-3-6-12-24)44(33)35(41)26-17-19-27(45)20-18-26/h3-8,11-14,16-22,28,31-35,45H,15H2,1-2H3,(H2,42,46)(H,43,50)/t31-,32-,33-,34+,35+,41-/m1/s1. The van der Waals surface area contributed by atoms with Crippen molar-refractivity contribution in [3.05, 3.63) is 131 Å². The van der Waals surface area contributed by atoms with Crippen LogP contribution in [-0.4, -0.2) is 60.0 Å². The molecular weight excluding hydrogens is 678 g/mol. The minimum absolute atomic E-state index is 0.0188. The van der Waals surface area contributed by atoms with Gasteiger partial charge in [0, 0.05) is 17.7 Å². The molecule has 3 aliphatic rings. The van der Waals surface area contributed by atoms with Crippen LogP contribution >= 0.6 is 0 Å². The van der Waals surface area contributed by atoms with Crippen LogP contribution in [0.15, 0.2) is 103 Å². The highest BCUT2D eigenvalue weighted by molar-refractivity contribution is 6.12. The fourth-order valence-electron chi connectivity index (χ4n) is 8.16. The molecule has 2 fully saturated rings. The number of phenolic OH excluding ortho intramolecular Hbond substituents is 1. The molecule has 4 aromatic rings. The number of benzene rings is 4. The van der Waals surface area contributed by atoms with Crippen LogP contribution in [-0.2, 0) is 43.6 Å². The number of nitrogens with two attached hydrogens (primary N) is 1. The Kier molecular flexibility index (Phi) is 9.19. The number of rotatable bonds is 7. The van der Waals surface area contributed by atoms with Crippen LogP contribution < -0.4 is 11.1 Å². The largest absolute Gasteiger partial charge is 0.508 e. The van der Waals surface area contributed by atoms with Crippen molar-refractivity contribution in [2.75, 3.05) is 19.5 Å². The number of carbonyl (C=O) groups excluding carboxylic acids is 5. The molecule has 2 amide bonds. The molecule has 0 radical (unpaired) electrons. The molecule has 7 rings (SSSR count). The van der Waals surface area contributed by atoms with Gasteiger partial charge in [0.15, 0.2) is 5.92 Å². The van der Waals surface area contributed by atoms with E-state index in [1.165, 1.54) is 12.1 Å². The summed E-state index contributed by atoms with van der Waals surface area (Å²) in [5, 5.41) is 13.3. The second-order valence-electron chi connectivity index (χ2n) is 13.1. The van der Waals surface area contributed by atoms with E-state index in [0.717, 1.165) is 19.8 Å². The van der Waals surface area contributed by atoms with Crippen molar-refractivity contribution in [3.8, 4) is 17.6 Å². The lowest BCUT2D eigenvalue weighted by Crippen LogP contribution is -2.53.